The van der Waals surface area contributed by atoms with Crippen LogP contribution in [0.1, 0.15) is 25.5 Å². The third-order valence-electron chi connectivity index (χ3n) is 5.38. The van der Waals surface area contributed by atoms with Crippen molar-refractivity contribution < 1.29 is 18.6 Å². The highest BCUT2D eigenvalue weighted by Crippen LogP contribution is 2.35. The molecule has 1 saturated carbocycles. The van der Waals surface area contributed by atoms with E-state index in [1.165, 1.54) is 12.1 Å². The summed E-state index contributed by atoms with van der Waals surface area (Å²) in [5.74, 6) is -0.0275. The molecule has 9 heteroatoms. The van der Waals surface area contributed by atoms with Crippen molar-refractivity contribution >= 4 is 17.5 Å². The topological polar surface area (TPSA) is 82.5 Å². The van der Waals surface area contributed by atoms with Crippen LogP contribution in [0.3, 0.4) is 0 Å². The number of benzene rings is 1. The normalized spacial score (nSPS) is 26.1. The summed E-state index contributed by atoms with van der Waals surface area (Å²) in [5.41, 5.74) is 1.46. The second kappa shape index (κ2) is 7.05. The first-order valence-corrected chi connectivity index (χ1v) is 9.26. The van der Waals surface area contributed by atoms with E-state index in [1.54, 1.807) is 0 Å². The van der Waals surface area contributed by atoms with E-state index < -0.39 is 17.9 Å². The van der Waals surface area contributed by atoms with Crippen molar-refractivity contribution in [3.63, 3.8) is 0 Å². The van der Waals surface area contributed by atoms with Crippen molar-refractivity contribution in [2.45, 2.75) is 51.1 Å². The number of rotatable bonds is 4. The van der Waals surface area contributed by atoms with Gasteiger partial charge >= 0.3 is 0 Å². The highest BCUT2D eigenvalue weighted by Gasteiger charge is 2.34. The van der Waals surface area contributed by atoms with E-state index in [0.29, 0.717) is 18.8 Å². The summed E-state index contributed by atoms with van der Waals surface area (Å²) in [7, 11) is 1.88. The van der Waals surface area contributed by atoms with Crippen LogP contribution in [0, 0.1) is 18.6 Å². The summed E-state index contributed by atoms with van der Waals surface area (Å²) >= 11 is 0. The van der Waals surface area contributed by atoms with Gasteiger partial charge in [-0.25, -0.2) is 13.8 Å². The number of halogens is 2. The fourth-order valence-corrected chi connectivity index (χ4v) is 3.43. The molecule has 7 nitrogen and oxygen atoms in total. The predicted octanol–water partition coefficient (Wildman–Crippen LogP) is 2.65. The van der Waals surface area contributed by atoms with Gasteiger partial charge in [-0.2, -0.15) is 4.98 Å². The van der Waals surface area contributed by atoms with E-state index in [2.05, 4.69) is 20.6 Å². The van der Waals surface area contributed by atoms with Gasteiger partial charge in [0.2, 0.25) is 5.95 Å². The number of aliphatic hydroxyl groups excluding tert-OH is 1. The minimum Gasteiger partial charge on any atom is -0.487 e. The van der Waals surface area contributed by atoms with Crippen molar-refractivity contribution in [3.8, 4) is 5.75 Å². The summed E-state index contributed by atoms with van der Waals surface area (Å²) in [6.07, 6.45) is 0.504. The molecule has 1 aliphatic carbocycles. The third kappa shape index (κ3) is 3.42. The second-order valence-corrected chi connectivity index (χ2v) is 7.40. The summed E-state index contributed by atoms with van der Waals surface area (Å²) < 4.78 is 32.2. The maximum Gasteiger partial charge on any atom is 0.225 e. The molecule has 1 unspecified atom stereocenters. The van der Waals surface area contributed by atoms with Crippen molar-refractivity contribution in [1.29, 1.82) is 0 Å². The first-order chi connectivity index (χ1) is 13.3. The third-order valence-corrected chi connectivity index (χ3v) is 5.38. The Balaban J connectivity index is 1.39. The molecule has 2 aliphatic rings. The Labute approximate surface area is 161 Å². The zero-order valence-corrected chi connectivity index (χ0v) is 15.9. The van der Waals surface area contributed by atoms with Crippen LogP contribution in [-0.4, -0.2) is 46.5 Å². The van der Waals surface area contributed by atoms with E-state index >= 15 is 0 Å². The van der Waals surface area contributed by atoms with Gasteiger partial charge in [0.25, 0.3) is 0 Å². The predicted molar refractivity (Wildman–Crippen MR) is 102 cm³/mol. The summed E-state index contributed by atoms with van der Waals surface area (Å²) in [4.78, 5) is 11.0. The number of anilines is 3. The Bertz CT molecular complexity index is 891. The lowest BCUT2D eigenvalue weighted by Crippen LogP contribution is -2.48. The molecule has 0 amide bonds. The Kier molecular flexibility index (Phi) is 4.70. The van der Waals surface area contributed by atoms with Crippen LogP contribution in [0.5, 0.6) is 5.75 Å². The number of aryl methyl sites for hydroxylation is 1. The van der Waals surface area contributed by atoms with Crippen LogP contribution in [0.4, 0.5) is 26.2 Å². The molecule has 1 aromatic heterocycles. The number of nitrogens with zero attached hydrogens (tertiary/aromatic N) is 3. The van der Waals surface area contributed by atoms with Crippen LogP contribution >= 0.6 is 0 Å². The minimum absolute atomic E-state index is 0.0611. The van der Waals surface area contributed by atoms with Crippen molar-refractivity contribution in [2.24, 2.45) is 0 Å². The summed E-state index contributed by atoms with van der Waals surface area (Å²) in [6.45, 7) is 3.77. The molecule has 4 rings (SSSR count). The number of likely N-dealkylation sites (N-methyl/N-ethyl adjacent to an activating group) is 1. The van der Waals surface area contributed by atoms with Gasteiger partial charge in [-0.15, -0.1) is 0 Å². The molecular weight excluding hydrogens is 368 g/mol. The lowest BCUT2D eigenvalue weighted by Gasteiger charge is -2.39. The molecule has 2 aromatic rings. The number of nitrogens with one attached hydrogen (secondary N) is 2. The smallest absolute Gasteiger partial charge is 0.225 e. The second-order valence-electron chi connectivity index (χ2n) is 7.40. The Morgan fingerprint density at radius 1 is 1.29 bits per heavy atom. The monoisotopic (exact) mass is 391 g/mol. The molecule has 0 spiro atoms. The Morgan fingerprint density at radius 2 is 2.04 bits per heavy atom. The van der Waals surface area contributed by atoms with Gasteiger partial charge in [0.05, 0.1) is 11.7 Å². The largest absolute Gasteiger partial charge is 0.487 e. The first-order valence-electron chi connectivity index (χ1n) is 9.26. The van der Waals surface area contributed by atoms with Crippen LogP contribution < -0.4 is 20.3 Å². The molecule has 3 N–H and O–H groups in total. The van der Waals surface area contributed by atoms with Gasteiger partial charge in [-0.05, 0) is 26.0 Å². The van der Waals surface area contributed by atoms with Crippen molar-refractivity contribution in [1.82, 2.24) is 9.97 Å². The highest BCUT2D eigenvalue weighted by molar-refractivity contribution is 5.72. The van der Waals surface area contributed by atoms with E-state index in [9.17, 15) is 13.9 Å². The average Bonchev–Trinajstić information content (AvgIpc) is 2.61. The summed E-state index contributed by atoms with van der Waals surface area (Å²) in [5, 5.41) is 16.4. The molecule has 28 heavy (non-hydrogen) atoms. The Hall–Kier alpha value is -2.68. The van der Waals surface area contributed by atoms with Gasteiger partial charge in [0, 0.05) is 32.0 Å². The molecule has 0 bridgehead atoms. The lowest BCUT2D eigenvalue weighted by molar-refractivity contribution is 0.103. The van der Waals surface area contributed by atoms with Gasteiger partial charge in [0.15, 0.2) is 17.4 Å². The summed E-state index contributed by atoms with van der Waals surface area (Å²) in [6, 6.07) is 3.28. The number of hydrogen-bond acceptors (Lipinski definition) is 7. The van der Waals surface area contributed by atoms with Gasteiger partial charge < -0.3 is 25.4 Å². The number of aliphatic hydroxyl groups is 1. The van der Waals surface area contributed by atoms with Gasteiger partial charge in [-0.1, -0.05) is 0 Å². The first kappa shape index (κ1) is 18.7. The van der Waals surface area contributed by atoms with E-state index in [4.69, 9.17) is 4.74 Å². The van der Waals surface area contributed by atoms with Crippen molar-refractivity contribution in [3.05, 3.63) is 35.5 Å². The van der Waals surface area contributed by atoms with Gasteiger partial charge in [-0.3, -0.25) is 0 Å². The quantitative estimate of drug-likeness (QED) is 0.739. The molecule has 2 heterocycles. The van der Waals surface area contributed by atoms with Gasteiger partial charge in [0.1, 0.15) is 23.8 Å². The lowest BCUT2D eigenvalue weighted by atomic mass is 9.89. The average molecular weight is 391 g/mol. The zero-order valence-electron chi connectivity index (χ0n) is 15.9. The molecular formula is C19H23F2N5O2. The van der Waals surface area contributed by atoms with Crippen LogP contribution in [0.2, 0.25) is 0 Å². The number of aromatic nitrogens is 2. The fraction of sp³-hybridized carbons (Fsp3) is 0.474. The molecule has 1 aliphatic heterocycles. The molecule has 0 saturated heterocycles. The van der Waals surface area contributed by atoms with E-state index in [-0.39, 0.29) is 23.9 Å². The van der Waals surface area contributed by atoms with Crippen LogP contribution in [0.25, 0.3) is 0 Å². The van der Waals surface area contributed by atoms with Crippen LogP contribution in [0.15, 0.2) is 18.2 Å². The highest BCUT2D eigenvalue weighted by atomic mass is 19.1. The zero-order chi connectivity index (χ0) is 20.0. The molecule has 0 radical (unpaired) electrons. The molecule has 1 fully saturated rings. The van der Waals surface area contributed by atoms with E-state index in [1.807, 2.05) is 25.8 Å². The molecule has 2 atom stereocenters. The Morgan fingerprint density at radius 3 is 2.75 bits per heavy atom. The number of hydrogen-bond donors (Lipinski definition) is 3. The maximum atomic E-state index is 13.7. The van der Waals surface area contributed by atoms with Crippen molar-refractivity contribution in [2.75, 3.05) is 22.6 Å². The fourth-order valence-electron chi connectivity index (χ4n) is 3.43. The molecule has 150 valence electrons. The number of ether oxygens (including phenoxy) is 1. The molecule has 1 aromatic carbocycles. The SMILES string of the molecule is Cc1nc(N[C@H]2C[C@H](Oc3ccc(F)cc3F)C2)nc2c1NC(O)[C@H](C)N2C. The maximum absolute atomic E-state index is 13.7. The standard InChI is InChI=1S/C19H23F2N5O2/c1-9-16-17(26(3)10(2)18(27)24-16)25-19(22-9)23-12-7-13(8-12)28-15-5-4-11(20)6-14(15)21/h4-6,10,12-13,18,24,27H,7-8H2,1-3H3,(H,22,23,25)/t10-,12-,13-,18?/m0/s1. The van der Waals surface area contributed by atoms with Crippen LogP contribution in [-0.2, 0) is 0 Å². The minimum atomic E-state index is -0.697. The van der Waals surface area contributed by atoms with E-state index in [0.717, 1.165) is 23.3 Å². The number of fused-ring (bicyclic) bond motifs is 1.